The molecular formula is C19H18F2N6O3. The Morgan fingerprint density at radius 2 is 2.17 bits per heavy atom. The molecule has 9 nitrogen and oxygen atoms in total. The van der Waals surface area contributed by atoms with E-state index < -0.39 is 30.8 Å². The number of cyclic esters (lactones) is 1. The van der Waals surface area contributed by atoms with Gasteiger partial charge in [-0.25, -0.2) is 13.6 Å². The number of alkyl halides is 1. The van der Waals surface area contributed by atoms with Gasteiger partial charge in [0, 0.05) is 17.3 Å². The summed E-state index contributed by atoms with van der Waals surface area (Å²) in [7, 11) is 0. The molecule has 156 valence electrons. The fourth-order valence-corrected chi connectivity index (χ4v) is 3.07. The summed E-state index contributed by atoms with van der Waals surface area (Å²) in [5.74, 6) is -0.198. The predicted octanol–water partition coefficient (Wildman–Crippen LogP) is 2.22. The molecule has 3 heterocycles. The molecule has 0 radical (unpaired) electrons. The molecule has 0 saturated carbocycles. The number of carbonyl (C=O) groups is 1. The van der Waals surface area contributed by atoms with Crippen molar-refractivity contribution in [3.63, 3.8) is 0 Å². The summed E-state index contributed by atoms with van der Waals surface area (Å²) in [5, 5.41) is 21.5. The average Bonchev–Trinajstić information content (AvgIpc) is 3.40. The van der Waals surface area contributed by atoms with Crippen molar-refractivity contribution in [3.8, 4) is 22.6 Å². The Balaban J connectivity index is 1.54. The zero-order chi connectivity index (χ0) is 21.3. The van der Waals surface area contributed by atoms with Gasteiger partial charge in [0.1, 0.15) is 24.3 Å². The van der Waals surface area contributed by atoms with Gasteiger partial charge in [0.15, 0.2) is 6.10 Å². The number of halogens is 2. The Bertz CT molecular complexity index is 1060. The highest BCUT2D eigenvalue weighted by atomic mass is 19.1. The Hall–Kier alpha value is -3.47. The van der Waals surface area contributed by atoms with Crippen LogP contribution in [0.25, 0.3) is 22.6 Å². The lowest BCUT2D eigenvalue weighted by atomic mass is 10.1. The number of amides is 1. The molecule has 1 aliphatic rings. The first-order valence-electron chi connectivity index (χ1n) is 9.26. The van der Waals surface area contributed by atoms with E-state index >= 15 is 0 Å². The molecule has 1 unspecified atom stereocenters. The number of tetrazole rings is 1. The fraction of sp³-hybridized carbons (Fsp3) is 0.316. The number of aryl methyl sites for hydroxylation is 1. The van der Waals surface area contributed by atoms with E-state index in [2.05, 4.69) is 20.4 Å². The summed E-state index contributed by atoms with van der Waals surface area (Å²) in [6.45, 7) is 1.37. The van der Waals surface area contributed by atoms with Crippen molar-refractivity contribution in [3.05, 3.63) is 42.3 Å². The molecule has 30 heavy (non-hydrogen) atoms. The summed E-state index contributed by atoms with van der Waals surface area (Å²) in [6, 6.07) is 7.60. The minimum absolute atomic E-state index is 0.0651. The summed E-state index contributed by atoms with van der Waals surface area (Å²) in [5.41, 5.74) is 1.57. The van der Waals surface area contributed by atoms with Crippen molar-refractivity contribution in [2.75, 3.05) is 18.1 Å². The fourth-order valence-electron chi connectivity index (χ4n) is 3.07. The second-order valence-electron chi connectivity index (χ2n) is 6.65. The van der Waals surface area contributed by atoms with E-state index in [1.807, 2.05) is 6.92 Å². The van der Waals surface area contributed by atoms with Gasteiger partial charge in [-0.2, -0.15) is 4.80 Å². The van der Waals surface area contributed by atoms with Crippen molar-refractivity contribution in [2.45, 2.75) is 25.7 Å². The van der Waals surface area contributed by atoms with Crippen molar-refractivity contribution in [2.24, 2.45) is 0 Å². The van der Waals surface area contributed by atoms with Gasteiger partial charge >= 0.3 is 6.09 Å². The maximum absolute atomic E-state index is 14.8. The van der Waals surface area contributed by atoms with Crippen LogP contribution in [-0.2, 0) is 11.3 Å². The highest BCUT2D eigenvalue weighted by molar-refractivity contribution is 5.90. The Labute approximate surface area is 169 Å². The number of benzene rings is 1. The molecule has 1 aromatic carbocycles. The third kappa shape index (κ3) is 3.71. The third-order valence-electron chi connectivity index (χ3n) is 4.73. The molecule has 2 atom stereocenters. The monoisotopic (exact) mass is 416 g/mol. The van der Waals surface area contributed by atoms with Crippen LogP contribution in [0.1, 0.15) is 6.92 Å². The minimum Gasteiger partial charge on any atom is -0.441 e. The summed E-state index contributed by atoms with van der Waals surface area (Å²) >= 11 is 0. The lowest BCUT2D eigenvalue weighted by molar-refractivity contribution is 0.0188. The summed E-state index contributed by atoms with van der Waals surface area (Å²) in [4.78, 5) is 18.8. The molecule has 1 saturated heterocycles. The maximum Gasteiger partial charge on any atom is 0.414 e. The third-order valence-corrected chi connectivity index (χ3v) is 4.73. The number of anilines is 1. The van der Waals surface area contributed by atoms with Crippen LogP contribution < -0.4 is 4.90 Å². The van der Waals surface area contributed by atoms with E-state index in [0.29, 0.717) is 23.6 Å². The van der Waals surface area contributed by atoms with Gasteiger partial charge in [-0.1, -0.05) is 6.07 Å². The van der Waals surface area contributed by atoms with E-state index in [1.165, 1.54) is 23.1 Å². The topological polar surface area (TPSA) is 106 Å². The molecule has 1 aliphatic heterocycles. The van der Waals surface area contributed by atoms with E-state index in [4.69, 9.17) is 4.74 Å². The van der Waals surface area contributed by atoms with Crippen molar-refractivity contribution < 1.29 is 23.4 Å². The van der Waals surface area contributed by atoms with Gasteiger partial charge in [0.25, 0.3) is 0 Å². The van der Waals surface area contributed by atoms with E-state index in [-0.39, 0.29) is 17.8 Å². The SMILES string of the molecule is CCn1nnc(-c2ccc(-c3ccc(N4C[C@@H](C(O)CF)OC4=O)cc3F)cn2)n1. The highest BCUT2D eigenvalue weighted by Crippen LogP contribution is 2.30. The molecular weight excluding hydrogens is 398 g/mol. The number of carbonyl (C=O) groups excluding carboxylic acids is 1. The number of hydrogen-bond acceptors (Lipinski definition) is 7. The largest absolute Gasteiger partial charge is 0.441 e. The maximum atomic E-state index is 14.8. The number of rotatable bonds is 6. The first kappa shape index (κ1) is 19.8. The first-order valence-corrected chi connectivity index (χ1v) is 9.26. The highest BCUT2D eigenvalue weighted by Gasteiger charge is 2.37. The van der Waals surface area contributed by atoms with E-state index in [1.54, 1.807) is 18.2 Å². The number of ether oxygens (including phenoxy) is 1. The normalized spacial score (nSPS) is 17.3. The number of nitrogens with zero attached hydrogens (tertiary/aromatic N) is 6. The molecule has 0 bridgehead atoms. The number of aliphatic hydroxyl groups is 1. The Morgan fingerprint density at radius 3 is 2.80 bits per heavy atom. The van der Waals surface area contributed by atoms with Crippen LogP contribution in [0.5, 0.6) is 0 Å². The quantitative estimate of drug-likeness (QED) is 0.657. The zero-order valence-electron chi connectivity index (χ0n) is 15.9. The molecule has 1 amide bonds. The second-order valence-corrected chi connectivity index (χ2v) is 6.65. The van der Waals surface area contributed by atoms with Crippen molar-refractivity contribution in [1.82, 2.24) is 25.2 Å². The number of aliphatic hydroxyl groups excluding tert-OH is 1. The van der Waals surface area contributed by atoms with Gasteiger partial charge < -0.3 is 9.84 Å². The van der Waals surface area contributed by atoms with Crippen LogP contribution in [0.3, 0.4) is 0 Å². The number of aromatic nitrogens is 5. The number of pyridine rings is 1. The number of hydrogen-bond donors (Lipinski definition) is 1. The second kappa shape index (κ2) is 8.11. The molecule has 3 aromatic rings. The molecule has 1 fully saturated rings. The Morgan fingerprint density at radius 1 is 1.33 bits per heavy atom. The predicted molar refractivity (Wildman–Crippen MR) is 102 cm³/mol. The van der Waals surface area contributed by atoms with Crippen LogP contribution >= 0.6 is 0 Å². The smallest absolute Gasteiger partial charge is 0.414 e. The molecule has 11 heteroatoms. The molecule has 2 aromatic heterocycles. The van der Waals surface area contributed by atoms with Crippen LogP contribution in [0, 0.1) is 5.82 Å². The van der Waals surface area contributed by atoms with Crippen molar-refractivity contribution in [1.29, 1.82) is 0 Å². The van der Waals surface area contributed by atoms with E-state index in [9.17, 15) is 18.7 Å². The first-order chi connectivity index (χ1) is 14.5. The minimum atomic E-state index is -1.42. The van der Waals surface area contributed by atoms with Gasteiger partial charge in [0.2, 0.25) is 5.82 Å². The summed E-state index contributed by atoms with van der Waals surface area (Å²) in [6.07, 6.45) is -1.68. The van der Waals surface area contributed by atoms with Gasteiger partial charge in [-0.3, -0.25) is 9.88 Å². The Kier molecular flexibility index (Phi) is 5.36. The lowest BCUT2D eigenvalue weighted by Gasteiger charge is -2.15. The van der Waals surface area contributed by atoms with Crippen LogP contribution in [0.15, 0.2) is 36.5 Å². The van der Waals surface area contributed by atoms with Crippen LogP contribution in [0.4, 0.5) is 19.3 Å². The summed E-state index contributed by atoms with van der Waals surface area (Å²) < 4.78 is 32.3. The average molecular weight is 416 g/mol. The van der Waals surface area contributed by atoms with Gasteiger partial charge in [-0.15, -0.1) is 10.2 Å². The zero-order valence-corrected chi connectivity index (χ0v) is 15.9. The van der Waals surface area contributed by atoms with E-state index in [0.717, 1.165) is 4.90 Å². The standard InChI is InChI=1S/C19H18F2N6O3/c1-2-27-24-18(23-25-27)15-6-3-11(9-22-15)13-5-4-12(7-14(13)21)26-10-17(16(28)8-20)30-19(26)29/h3-7,9,16-17,28H,2,8,10H2,1H3/t16?,17-/m0/s1. The lowest BCUT2D eigenvalue weighted by Crippen LogP contribution is -2.32. The molecule has 4 rings (SSSR count). The molecule has 0 aliphatic carbocycles. The van der Waals surface area contributed by atoms with Gasteiger partial charge in [-0.05, 0) is 36.4 Å². The van der Waals surface area contributed by atoms with Gasteiger partial charge in [0.05, 0.1) is 18.8 Å². The molecule has 1 N–H and O–H groups in total. The van der Waals surface area contributed by atoms with Crippen molar-refractivity contribution >= 4 is 11.8 Å². The van der Waals surface area contributed by atoms with Crippen LogP contribution in [0.2, 0.25) is 0 Å². The van der Waals surface area contributed by atoms with Crippen LogP contribution in [-0.4, -0.2) is 61.8 Å². The molecule has 0 spiro atoms.